The molecule has 0 unspecified atom stereocenters. The van der Waals surface area contributed by atoms with Gasteiger partial charge >= 0.3 is 18.3 Å². The standard InChI is InChI=1S/C44H56F6N4O10S/c1-24(2)62-28-12-13-31-32(17-28)52-37(36(51-31)43(45,46)47)63-29-18-33-34(55)21-42(39(58)53-65(59,60)41(6)14-15-41)20-27(42)11-9-8-10-25(3)16-26(23-61-7)30(38(57)54(33)22-29)19-35(56)64-40(4,5)44(48,49)50/h9,11-13,17,24-27,29-30,33H,8,10,14-16,18-23H2,1-7H3,(H,53,58)/b11-9-/t25-,26-,27+,29+,30-,33-,42+/m0/s1. The van der Waals surface area contributed by atoms with Crippen molar-refractivity contribution in [3.05, 3.63) is 36.0 Å². The van der Waals surface area contributed by atoms with Crippen molar-refractivity contribution >= 4 is 44.6 Å². The van der Waals surface area contributed by atoms with Gasteiger partial charge in [0.25, 0.3) is 0 Å². The lowest BCUT2D eigenvalue weighted by molar-refractivity contribution is -0.257. The number of esters is 1. The molecular formula is C44H56F6N4O10S. The normalized spacial score (nSPS) is 28.1. The predicted octanol–water partition coefficient (Wildman–Crippen LogP) is 7.28. The van der Waals surface area contributed by atoms with Crippen molar-refractivity contribution in [2.75, 3.05) is 20.3 Å². The Bertz CT molecular complexity index is 2300. The SMILES string of the molecule is COC[C@@H]1C[C@@H](C)CC/C=C\[C@@H]2C[C@@]2(C(=O)NS(=O)(=O)C2(C)CC2)CC(=O)[C@@H]2C[C@@H](Oc3nc4cc(OC(C)C)ccc4nc3C(F)(F)F)CN2C(=O)[C@H]1CC(=O)OC(C)(C)C(F)(F)F. The van der Waals surface area contributed by atoms with E-state index in [1.165, 1.54) is 32.2 Å². The number of allylic oxidation sites excluding steroid dienone is 2. The monoisotopic (exact) mass is 946 g/mol. The van der Waals surface area contributed by atoms with Gasteiger partial charge in [0.1, 0.15) is 11.9 Å². The molecule has 3 fully saturated rings. The summed E-state index contributed by atoms with van der Waals surface area (Å²) < 4.78 is 135. The van der Waals surface area contributed by atoms with Crippen molar-refractivity contribution in [2.45, 2.75) is 140 Å². The molecule has 21 heteroatoms. The molecule has 2 aromatic rings. The quantitative estimate of drug-likeness (QED) is 0.128. The van der Waals surface area contributed by atoms with Crippen molar-refractivity contribution in [3.63, 3.8) is 0 Å². The van der Waals surface area contributed by atoms with Gasteiger partial charge in [0, 0.05) is 32.6 Å². The molecule has 3 heterocycles. The molecule has 1 saturated heterocycles. The van der Waals surface area contributed by atoms with Crippen molar-refractivity contribution in [2.24, 2.45) is 29.1 Å². The average molecular weight is 947 g/mol. The summed E-state index contributed by atoms with van der Waals surface area (Å²) in [7, 11) is -2.82. The summed E-state index contributed by atoms with van der Waals surface area (Å²) in [6.07, 6.45) is -8.20. The van der Waals surface area contributed by atoms with Crippen molar-refractivity contribution in [1.29, 1.82) is 0 Å². The molecule has 4 aliphatic rings. The van der Waals surface area contributed by atoms with Gasteiger partial charge in [-0.1, -0.05) is 19.1 Å². The molecule has 360 valence electrons. The molecule has 2 saturated carbocycles. The Hall–Kier alpha value is -4.53. The van der Waals surface area contributed by atoms with Gasteiger partial charge in [0.15, 0.2) is 5.78 Å². The van der Waals surface area contributed by atoms with Gasteiger partial charge in [0.2, 0.25) is 39.0 Å². The van der Waals surface area contributed by atoms with Crippen molar-refractivity contribution in [3.8, 4) is 11.6 Å². The number of amides is 2. The number of carbonyl (C=O) groups excluding carboxylic acids is 4. The van der Waals surface area contributed by atoms with Gasteiger partial charge in [-0.15, -0.1) is 0 Å². The second-order valence-corrected chi connectivity index (χ2v) is 21.2. The van der Waals surface area contributed by atoms with Crippen LogP contribution in [0.3, 0.4) is 0 Å². The van der Waals surface area contributed by atoms with Crippen LogP contribution in [0.4, 0.5) is 26.3 Å². The van der Waals surface area contributed by atoms with Crippen LogP contribution in [0.25, 0.3) is 11.0 Å². The van der Waals surface area contributed by atoms with Crippen LogP contribution >= 0.6 is 0 Å². The van der Waals surface area contributed by atoms with Crippen LogP contribution in [0.1, 0.15) is 105 Å². The second kappa shape index (κ2) is 18.3. The van der Waals surface area contributed by atoms with Crippen LogP contribution in [0.2, 0.25) is 0 Å². The molecule has 65 heavy (non-hydrogen) atoms. The number of rotatable bonds is 12. The third-order valence-corrected chi connectivity index (χ3v) is 15.1. The molecular weight excluding hydrogens is 891 g/mol. The molecule has 1 aromatic carbocycles. The summed E-state index contributed by atoms with van der Waals surface area (Å²) in [5.74, 6) is -7.71. The number of aromatic nitrogens is 2. The van der Waals surface area contributed by atoms with Gasteiger partial charge in [-0.05, 0) is 103 Å². The maximum atomic E-state index is 15.1. The molecule has 1 aromatic heterocycles. The van der Waals surface area contributed by atoms with E-state index in [4.69, 9.17) is 18.9 Å². The Balaban J connectivity index is 1.42. The van der Waals surface area contributed by atoms with E-state index in [-0.39, 0.29) is 48.3 Å². The number of nitrogens with one attached hydrogen (secondary N) is 1. The van der Waals surface area contributed by atoms with Gasteiger partial charge in [-0.3, -0.25) is 23.9 Å². The second-order valence-electron chi connectivity index (χ2n) is 19.0. The number of fused-ring (bicyclic) bond motifs is 3. The topological polar surface area (TPSA) is 180 Å². The fraction of sp³-hybridized carbons (Fsp3) is 0.682. The molecule has 2 aliphatic carbocycles. The highest BCUT2D eigenvalue weighted by Crippen LogP contribution is 2.58. The average Bonchev–Trinajstić information content (AvgIpc) is 4.06. The number of nitrogens with zero attached hydrogens (tertiary/aromatic N) is 3. The zero-order valence-corrected chi connectivity index (χ0v) is 38.1. The molecule has 2 amide bonds. The first kappa shape index (κ1) is 49.9. The number of alkyl halides is 6. The van der Waals surface area contributed by atoms with E-state index in [1.807, 2.05) is 13.0 Å². The molecule has 1 N–H and O–H groups in total. The van der Waals surface area contributed by atoms with Crippen LogP contribution in [0.5, 0.6) is 11.6 Å². The molecule has 0 radical (unpaired) electrons. The number of halogens is 6. The van der Waals surface area contributed by atoms with Gasteiger partial charge in [0.05, 0.1) is 52.2 Å². The minimum Gasteiger partial charge on any atom is -0.491 e. The number of hydrogen-bond acceptors (Lipinski definition) is 12. The minimum absolute atomic E-state index is 0.0289. The summed E-state index contributed by atoms with van der Waals surface area (Å²) in [6.45, 7) is 7.44. The number of ketones is 1. The van der Waals surface area contributed by atoms with E-state index in [0.717, 1.165) is 4.90 Å². The van der Waals surface area contributed by atoms with E-state index in [2.05, 4.69) is 14.7 Å². The number of ether oxygens (including phenoxy) is 4. The largest absolute Gasteiger partial charge is 0.491 e. The zero-order chi connectivity index (χ0) is 48.1. The van der Waals surface area contributed by atoms with E-state index in [9.17, 15) is 49.1 Å². The zero-order valence-electron chi connectivity index (χ0n) is 37.3. The molecule has 2 aliphatic heterocycles. The number of benzene rings is 1. The first-order chi connectivity index (χ1) is 30.1. The third-order valence-electron chi connectivity index (χ3n) is 13.0. The van der Waals surface area contributed by atoms with Crippen molar-refractivity contribution < 1.29 is 72.9 Å². The van der Waals surface area contributed by atoms with E-state index in [1.54, 1.807) is 19.9 Å². The molecule has 6 rings (SSSR count). The lowest BCUT2D eigenvalue weighted by atomic mass is 9.81. The smallest absolute Gasteiger partial charge is 0.438 e. The van der Waals surface area contributed by atoms with E-state index in [0.29, 0.717) is 39.5 Å². The Morgan fingerprint density at radius 1 is 1.03 bits per heavy atom. The predicted molar refractivity (Wildman–Crippen MR) is 222 cm³/mol. The highest BCUT2D eigenvalue weighted by Gasteiger charge is 2.63. The Morgan fingerprint density at radius 2 is 1.72 bits per heavy atom. The minimum atomic E-state index is -5.09. The maximum absolute atomic E-state index is 15.1. The first-order valence-electron chi connectivity index (χ1n) is 21.7. The summed E-state index contributed by atoms with van der Waals surface area (Å²) in [5, 5.41) is 0. The summed E-state index contributed by atoms with van der Waals surface area (Å²) in [6, 6.07) is 2.57. The molecule has 14 nitrogen and oxygen atoms in total. The summed E-state index contributed by atoms with van der Waals surface area (Å²) in [4.78, 5) is 66.3. The summed E-state index contributed by atoms with van der Waals surface area (Å²) >= 11 is 0. The Kier molecular flexibility index (Phi) is 14.0. The summed E-state index contributed by atoms with van der Waals surface area (Å²) in [5.41, 5.74) is -6.19. The van der Waals surface area contributed by atoms with Crippen LogP contribution in [-0.2, 0) is 44.9 Å². The molecule has 0 bridgehead atoms. The van der Waals surface area contributed by atoms with Crippen LogP contribution in [0.15, 0.2) is 30.4 Å². The first-order valence-corrected chi connectivity index (χ1v) is 23.1. The van der Waals surface area contributed by atoms with Gasteiger partial charge < -0.3 is 23.8 Å². The Labute approximate surface area is 373 Å². The van der Waals surface area contributed by atoms with E-state index >= 15 is 4.79 Å². The lowest BCUT2D eigenvalue weighted by Crippen LogP contribution is -2.49. The fourth-order valence-electron chi connectivity index (χ4n) is 8.64. The number of methoxy groups -OCH3 is 1. The highest BCUT2D eigenvalue weighted by molar-refractivity contribution is 7.91. The van der Waals surface area contributed by atoms with Crippen LogP contribution in [0, 0.1) is 29.1 Å². The number of sulfonamides is 1. The molecule has 0 spiro atoms. The highest BCUT2D eigenvalue weighted by atomic mass is 32.2. The number of carbonyl (C=O) groups is 4. The van der Waals surface area contributed by atoms with Gasteiger partial charge in [-0.25, -0.2) is 18.4 Å². The van der Waals surface area contributed by atoms with Crippen molar-refractivity contribution in [1.82, 2.24) is 19.6 Å². The fourth-order valence-corrected chi connectivity index (χ4v) is 9.97. The third kappa shape index (κ3) is 11.0. The van der Waals surface area contributed by atoms with Crippen LogP contribution < -0.4 is 14.2 Å². The lowest BCUT2D eigenvalue weighted by Gasteiger charge is -2.34. The maximum Gasteiger partial charge on any atom is 0.438 e. The number of hydrogen-bond donors (Lipinski definition) is 1. The number of Topliss-reactive ketones (excluding diaryl/α,β-unsaturated/α-hetero) is 1. The van der Waals surface area contributed by atoms with Crippen LogP contribution in [-0.4, -0.2) is 102 Å². The Morgan fingerprint density at radius 3 is 2.34 bits per heavy atom. The van der Waals surface area contributed by atoms with E-state index < -0.39 is 129 Å². The molecule has 7 atom stereocenters. The van der Waals surface area contributed by atoms with Gasteiger partial charge in [-0.2, -0.15) is 26.3 Å².